The summed E-state index contributed by atoms with van der Waals surface area (Å²) >= 11 is 1.10. The smallest absolute Gasteiger partial charge is 0.182 e. The Kier molecular flexibility index (Phi) is 4.32. The summed E-state index contributed by atoms with van der Waals surface area (Å²) in [5, 5.41) is 3.79. The van der Waals surface area contributed by atoms with E-state index in [4.69, 9.17) is 10.5 Å². The van der Waals surface area contributed by atoms with E-state index < -0.39 is 9.84 Å². The molecule has 108 valence electrons. The van der Waals surface area contributed by atoms with E-state index in [1.54, 1.807) is 0 Å². The van der Waals surface area contributed by atoms with E-state index in [-0.39, 0.29) is 16.8 Å². The second-order valence-electron chi connectivity index (χ2n) is 4.88. The quantitative estimate of drug-likeness (QED) is 0.872. The number of aromatic nitrogens is 1. The Morgan fingerprint density at radius 1 is 1.47 bits per heavy atom. The predicted molar refractivity (Wildman–Crippen MR) is 76.3 cm³/mol. The highest BCUT2D eigenvalue weighted by Crippen LogP contribution is 2.33. The van der Waals surface area contributed by atoms with Gasteiger partial charge in [-0.1, -0.05) is 0 Å². The topological polar surface area (TPSA) is 94.3 Å². The van der Waals surface area contributed by atoms with E-state index in [1.807, 2.05) is 0 Å². The molecule has 0 spiro atoms. The van der Waals surface area contributed by atoms with Crippen LogP contribution in [0, 0.1) is 5.92 Å². The molecule has 2 rings (SSSR count). The molecule has 0 radical (unpaired) electrons. The van der Waals surface area contributed by atoms with Crippen LogP contribution in [-0.2, 0) is 14.6 Å². The number of hydrogen-bond acceptors (Lipinski definition) is 7. The number of nitrogen functional groups attached to an aromatic ring is 1. The third-order valence-electron chi connectivity index (χ3n) is 3.38. The molecule has 2 heterocycles. The van der Waals surface area contributed by atoms with Crippen LogP contribution in [0.4, 0.5) is 10.8 Å². The van der Waals surface area contributed by atoms with Gasteiger partial charge in [0.15, 0.2) is 15.7 Å². The third kappa shape index (κ3) is 3.37. The molecule has 1 fully saturated rings. The van der Waals surface area contributed by atoms with Crippen LogP contribution < -0.4 is 11.1 Å². The van der Waals surface area contributed by atoms with Gasteiger partial charge in [-0.05, 0) is 37.2 Å². The van der Waals surface area contributed by atoms with Crippen LogP contribution in [0.1, 0.15) is 19.8 Å². The molecule has 1 aromatic heterocycles. The average Bonchev–Trinajstić information content (AvgIpc) is 2.71. The van der Waals surface area contributed by atoms with Crippen molar-refractivity contribution in [2.24, 2.45) is 5.92 Å². The van der Waals surface area contributed by atoms with Crippen LogP contribution in [0.15, 0.2) is 4.90 Å². The fourth-order valence-corrected chi connectivity index (χ4v) is 4.44. The molecule has 6 nitrogen and oxygen atoms in total. The fourth-order valence-electron chi connectivity index (χ4n) is 2.28. The standard InChI is InChI=1S/C11H19N3O3S2/c1-7(8-3-5-17-6-4-8)13-11-9(19(2,15)16)10(12)14-18-11/h7-8,13H,3-6H2,1-2H3,(H2,12,14). The first-order chi connectivity index (χ1) is 8.89. The second-order valence-corrected chi connectivity index (χ2v) is 7.61. The lowest BCUT2D eigenvalue weighted by atomic mass is 9.93. The highest BCUT2D eigenvalue weighted by molar-refractivity contribution is 7.91. The van der Waals surface area contributed by atoms with Gasteiger partial charge in [0, 0.05) is 25.5 Å². The van der Waals surface area contributed by atoms with Crippen LogP contribution in [-0.4, -0.2) is 38.3 Å². The van der Waals surface area contributed by atoms with Crippen LogP contribution >= 0.6 is 11.5 Å². The minimum atomic E-state index is -3.36. The van der Waals surface area contributed by atoms with E-state index in [1.165, 1.54) is 0 Å². The summed E-state index contributed by atoms with van der Waals surface area (Å²) in [6, 6.07) is 0.171. The summed E-state index contributed by atoms with van der Waals surface area (Å²) in [5.41, 5.74) is 5.64. The Hall–Kier alpha value is -0.860. The first-order valence-corrected chi connectivity index (χ1v) is 8.85. The summed E-state index contributed by atoms with van der Waals surface area (Å²) in [5.74, 6) is 0.554. The summed E-state index contributed by atoms with van der Waals surface area (Å²) in [7, 11) is -3.36. The largest absolute Gasteiger partial charge is 0.382 e. The molecule has 3 N–H and O–H groups in total. The van der Waals surface area contributed by atoms with Gasteiger partial charge < -0.3 is 15.8 Å². The molecule has 1 unspecified atom stereocenters. The number of ether oxygens (including phenoxy) is 1. The summed E-state index contributed by atoms with van der Waals surface area (Å²) in [4.78, 5) is 0.122. The molecule has 1 aliphatic heterocycles. The maximum atomic E-state index is 11.7. The van der Waals surface area contributed by atoms with Crippen molar-refractivity contribution in [3.05, 3.63) is 0 Å². The predicted octanol–water partition coefficient (Wildman–Crippen LogP) is 1.36. The summed E-state index contributed by atoms with van der Waals surface area (Å²) in [6.45, 7) is 3.58. The summed E-state index contributed by atoms with van der Waals surface area (Å²) < 4.78 is 32.7. The van der Waals surface area contributed by atoms with Crippen LogP contribution in [0.5, 0.6) is 0 Å². The van der Waals surface area contributed by atoms with E-state index in [9.17, 15) is 8.42 Å². The van der Waals surface area contributed by atoms with Gasteiger partial charge in [0.2, 0.25) is 0 Å². The third-order valence-corrected chi connectivity index (χ3v) is 5.45. The van der Waals surface area contributed by atoms with Crippen LogP contribution in [0.2, 0.25) is 0 Å². The Bertz CT molecular complexity index is 535. The van der Waals surface area contributed by atoms with Crippen molar-refractivity contribution in [2.45, 2.75) is 30.7 Å². The van der Waals surface area contributed by atoms with E-state index in [0.29, 0.717) is 10.9 Å². The molecule has 0 amide bonds. The molecule has 1 aliphatic rings. The van der Waals surface area contributed by atoms with E-state index in [0.717, 1.165) is 43.8 Å². The molecule has 0 aliphatic carbocycles. The molecule has 0 saturated carbocycles. The average molecular weight is 305 g/mol. The minimum Gasteiger partial charge on any atom is -0.382 e. The SMILES string of the molecule is CC(Nc1snc(N)c1S(C)(=O)=O)C1CCOCC1. The van der Waals surface area contributed by atoms with Crippen molar-refractivity contribution in [1.82, 2.24) is 4.37 Å². The van der Waals surface area contributed by atoms with Crippen molar-refractivity contribution in [1.29, 1.82) is 0 Å². The molecule has 1 saturated heterocycles. The second kappa shape index (κ2) is 5.64. The Morgan fingerprint density at radius 2 is 2.11 bits per heavy atom. The van der Waals surface area contributed by atoms with Gasteiger partial charge in [-0.25, -0.2) is 8.42 Å². The number of nitrogens with two attached hydrogens (primary N) is 1. The zero-order valence-electron chi connectivity index (χ0n) is 11.0. The number of nitrogens with zero attached hydrogens (tertiary/aromatic N) is 1. The lowest BCUT2D eigenvalue weighted by Gasteiger charge is -2.28. The first-order valence-electron chi connectivity index (χ1n) is 6.19. The van der Waals surface area contributed by atoms with Crippen molar-refractivity contribution in [3.8, 4) is 0 Å². The van der Waals surface area contributed by atoms with Gasteiger partial charge >= 0.3 is 0 Å². The van der Waals surface area contributed by atoms with E-state index in [2.05, 4.69) is 16.6 Å². The van der Waals surface area contributed by atoms with E-state index >= 15 is 0 Å². The lowest BCUT2D eigenvalue weighted by Crippen LogP contribution is -2.31. The number of nitrogens with one attached hydrogen (secondary N) is 1. The molecule has 8 heteroatoms. The zero-order valence-corrected chi connectivity index (χ0v) is 12.7. The summed E-state index contributed by atoms with van der Waals surface area (Å²) in [6.07, 6.45) is 3.12. The maximum absolute atomic E-state index is 11.7. The van der Waals surface area contributed by atoms with Gasteiger partial charge in [-0.3, -0.25) is 0 Å². The van der Waals surface area contributed by atoms with Crippen LogP contribution in [0.3, 0.4) is 0 Å². The molecule has 1 aromatic rings. The number of rotatable bonds is 4. The first kappa shape index (κ1) is 14.5. The monoisotopic (exact) mass is 305 g/mol. The molecule has 1 atom stereocenters. The van der Waals surface area contributed by atoms with Crippen LogP contribution in [0.25, 0.3) is 0 Å². The molecular formula is C11H19N3O3S2. The Balaban J connectivity index is 2.15. The van der Waals surface area contributed by atoms with Gasteiger partial charge in [0.25, 0.3) is 0 Å². The van der Waals surface area contributed by atoms with Gasteiger partial charge in [-0.2, -0.15) is 4.37 Å². The lowest BCUT2D eigenvalue weighted by molar-refractivity contribution is 0.0622. The molecule has 19 heavy (non-hydrogen) atoms. The molecule has 0 aromatic carbocycles. The normalized spacial score (nSPS) is 19.3. The number of hydrogen-bond donors (Lipinski definition) is 2. The number of anilines is 2. The highest BCUT2D eigenvalue weighted by atomic mass is 32.2. The Labute approximate surface area is 117 Å². The van der Waals surface area contributed by atoms with Gasteiger partial charge in [-0.15, -0.1) is 0 Å². The maximum Gasteiger partial charge on any atom is 0.182 e. The van der Waals surface area contributed by atoms with Crippen molar-refractivity contribution in [3.63, 3.8) is 0 Å². The minimum absolute atomic E-state index is 0.0779. The van der Waals surface area contributed by atoms with Gasteiger partial charge in [0.05, 0.1) is 0 Å². The molecule has 0 bridgehead atoms. The van der Waals surface area contributed by atoms with Crippen molar-refractivity contribution >= 4 is 32.2 Å². The zero-order chi connectivity index (χ0) is 14.0. The van der Waals surface area contributed by atoms with Crippen molar-refractivity contribution in [2.75, 3.05) is 30.5 Å². The number of sulfone groups is 1. The fraction of sp³-hybridized carbons (Fsp3) is 0.727. The van der Waals surface area contributed by atoms with Gasteiger partial charge in [0.1, 0.15) is 9.90 Å². The van der Waals surface area contributed by atoms with Crippen molar-refractivity contribution < 1.29 is 13.2 Å². The highest BCUT2D eigenvalue weighted by Gasteiger charge is 2.25. The molecular weight excluding hydrogens is 286 g/mol. The Morgan fingerprint density at radius 3 is 2.68 bits per heavy atom.